The van der Waals surface area contributed by atoms with E-state index in [-0.39, 0.29) is 5.91 Å². The van der Waals surface area contributed by atoms with Crippen molar-refractivity contribution < 1.29 is 14.3 Å². The first-order chi connectivity index (χ1) is 11.3. The fourth-order valence-corrected chi connectivity index (χ4v) is 3.30. The number of pyridine rings is 1. The molecule has 126 valence electrons. The Morgan fingerprint density at radius 2 is 2.17 bits per heavy atom. The largest absolute Gasteiger partial charge is 0.384 e. The van der Waals surface area contributed by atoms with E-state index in [2.05, 4.69) is 9.88 Å². The van der Waals surface area contributed by atoms with Crippen molar-refractivity contribution in [2.45, 2.75) is 12.8 Å². The highest BCUT2D eigenvalue weighted by Crippen LogP contribution is 2.20. The van der Waals surface area contributed by atoms with Crippen LogP contribution >= 0.6 is 0 Å². The lowest BCUT2D eigenvalue weighted by Gasteiger charge is -2.32. The maximum absolute atomic E-state index is 12.6. The summed E-state index contributed by atoms with van der Waals surface area (Å²) in [6.45, 7) is 5.49. The molecule has 0 aliphatic carbocycles. The van der Waals surface area contributed by atoms with Gasteiger partial charge in [-0.3, -0.25) is 4.79 Å². The van der Waals surface area contributed by atoms with Crippen LogP contribution in [0.2, 0.25) is 0 Å². The average Bonchev–Trinajstić information content (AvgIpc) is 2.62. The number of morpholine rings is 1. The summed E-state index contributed by atoms with van der Waals surface area (Å²) >= 11 is 0. The predicted molar refractivity (Wildman–Crippen MR) is 87.8 cm³/mol. The number of piperidine rings is 1. The normalized spacial score (nSPS) is 22.2. The molecule has 0 saturated carbocycles. The third-order valence-corrected chi connectivity index (χ3v) is 4.54. The van der Waals surface area contributed by atoms with Gasteiger partial charge in [0.05, 0.1) is 25.4 Å². The zero-order chi connectivity index (χ0) is 16.1. The topological polar surface area (TPSA) is 54.9 Å². The Hall–Kier alpha value is -1.66. The molecule has 0 unspecified atom stereocenters. The first-order valence-corrected chi connectivity index (χ1v) is 8.35. The number of aromatic nitrogens is 1. The fourth-order valence-electron chi connectivity index (χ4n) is 3.30. The summed E-state index contributed by atoms with van der Waals surface area (Å²) in [7, 11) is 1.72. The lowest BCUT2D eigenvalue weighted by Crippen LogP contribution is -2.41. The number of amides is 1. The molecule has 0 aromatic carbocycles. The third kappa shape index (κ3) is 4.00. The van der Waals surface area contributed by atoms with Crippen LogP contribution in [0.3, 0.4) is 0 Å². The monoisotopic (exact) mass is 319 g/mol. The number of carbonyl (C=O) groups excluding carboxylic acids is 1. The van der Waals surface area contributed by atoms with E-state index in [9.17, 15) is 4.79 Å². The second kappa shape index (κ2) is 7.75. The highest BCUT2D eigenvalue weighted by atomic mass is 16.5. The van der Waals surface area contributed by atoms with E-state index >= 15 is 0 Å². The van der Waals surface area contributed by atoms with Gasteiger partial charge in [0.15, 0.2) is 0 Å². The van der Waals surface area contributed by atoms with Crippen molar-refractivity contribution in [2.24, 2.45) is 5.92 Å². The molecule has 2 aliphatic rings. The molecule has 2 aliphatic heterocycles. The molecule has 3 rings (SSSR count). The molecule has 3 heterocycles. The molecule has 2 fully saturated rings. The number of methoxy groups -OCH3 is 1. The molecule has 23 heavy (non-hydrogen) atoms. The highest BCUT2D eigenvalue weighted by molar-refractivity contribution is 5.94. The van der Waals surface area contributed by atoms with Crippen LogP contribution in [0.25, 0.3) is 0 Å². The number of hydrogen-bond donors (Lipinski definition) is 0. The molecule has 1 aromatic rings. The second-order valence-electron chi connectivity index (χ2n) is 6.22. The molecule has 0 N–H and O–H groups in total. The van der Waals surface area contributed by atoms with Crippen LogP contribution in [-0.2, 0) is 9.47 Å². The van der Waals surface area contributed by atoms with Gasteiger partial charge in [-0.15, -0.1) is 0 Å². The van der Waals surface area contributed by atoms with Crippen molar-refractivity contribution >= 4 is 11.7 Å². The second-order valence-corrected chi connectivity index (χ2v) is 6.22. The molecule has 0 radical (unpaired) electrons. The Morgan fingerprint density at radius 1 is 1.35 bits per heavy atom. The summed E-state index contributed by atoms with van der Waals surface area (Å²) in [5, 5.41) is 0. The maximum atomic E-state index is 12.6. The van der Waals surface area contributed by atoms with E-state index in [1.54, 1.807) is 13.3 Å². The van der Waals surface area contributed by atoms with E-state index in [1.807, 2.05) is 17.0 Å². The van der Waals surface area contributed by atoms with Gasteiger partial charge >= 0.3 is 0 Å². The molecule has 0 spiro atoms. The van der Waals surface area contributed by atoms with Crippen LogP contribution in [0.1, 0.15) is 23.2 Å². The molecule has 6 heteroatoms. The molecule has 2 saturated heterocycles. The smallest absolute Gasteiger partial charge is 0.255 e. The summed E-state index contributed by atoms with van der Waals surface area (Å²) in [5.74, 6) is 1.44. The van der Waals surface area contributed by atoms with Crippen molar-refractivity contribution in [3.63, 3.8) is 0 Å². The predicted octanol–water partition coefficient (Wildman–Crippen LogP) is 1.42. The SMILES string of the molecule is COC[C@H]1CCCN(C(=O)c2ccc(N3CCOCC3)nc2)C1. The van der Waals surface area contributed by atoms with E-state index in [4.69, 9.17) is 9.47 Å². The minimum absolute atomic E-state index is 0.0758. The van der Waals surface area contributed by atoms with Crippen LogP contribution in [0.5, 0.6) is 0 Å². The van der Waals surface area contributed by atoms with E-state index in [1.165, 1.54) is 0 Å². The summed E-state index contributed by atoms with van der Waals surface area (Å²) in [4.78, 5) is 21.2. The van der Waals surface area contributed by atoms with Crippen molar-refractivity contribution in [1.82, 2.24) is 9.88 Å². The Bertz CT molecular complexity index is 512. The zero-order valence-corrected chi connectivity index (χ0v) is 13.7. The van der Waals surface area contributed by atoms with Gasteiger partial charge in [-0.25, -0.2) is 4.98 Å². The molecule has 0 bridgehead atoms. The van der Waals surface area contributed by atoms with Gasteiger partial charge < -0.3 is 19.3 Å². The number of hydrogen-bond acceptors (Lipinski definition) is 5. The van der Waals surface area contributed by atoms with Gasteiger partial charge in [-0.05, 0) is 30.9 Å². The molecule has 1 aromatic heterocycles. The number of nitrogens with zero attached hydrogens (tertiary/aromatic N) is 3. The quantitative estimate of drug-likeness (QED) is 0.840. The van der Waals surface area contributed by atoms with Crippen molar-refractivity contribution in [2.75, 3.05) is 58.0 Å². The summed E-state index contributed by atoms with van der Waals surface area (Å²) in [6, 6.07) is 3.83. The number of anilines is 1. The van der Waals surface area contributed by atoms with Gasteiger partial charge in [0.2, 0.25) is 0 Å². The van der Waals surface area contributed by atoms with Gasteiger partial charge in [-0.2, -0.15) is 0 Å². The number of likely N-dealkylation sites (tertiary alicyclic amines) is 1. The Labute approximate surface area is 137 Å². The molecule has 6 nitrogen and oxygen atoms in total. The van der Waals surface area contributed by atoms with Gasteiger partial charge in [0, 0.05) is 39.5 Å². The third-order valence-electron chi connectivity index (χ3n) is 4.54. The van der Waals surface area contributed by atoms with Crippen molar-refractivity contribution in [1.29, 1.82) is 0 Å². The highest BCUT2D eigenvalue weighted by Gasteiger charge is 2.24. The molecule has 1 amide bonds. The molecular weight excluding hydrogens is 294 g/mol. The minimum atomic E-state index is 0.0758. The van der Waals surface area contributed by atoms with Crippen LogP contribution in [0.4, 0.5) is 5.82 Å². The van der Waals surface area contributed by atoms with Gasteiger partial charge in [0.25, 0.3) is 5.91 Å². The average molecular weight is 319 g/mol. The number of ether oxygens (including phenoxy) is 2. The van der Waals surface area contributed by atoms with Crippen LogP contribution < -0.4 is 4.90 Å². The number of rotatable bonds is 4. The van der Waals surface area contributed by atoms with E-state index in [0.29, 0.717) is 11.5 Å². The Balaban J connectivity index is 1.63. The first-order valence-electron chi connectivity index (χ1n) is 8.35. The Kier molecular flexibility index (Phi) is 5.46. The maximum Gasteiger partial charge on any atom is 0.255 e. The van der Waals surface area contributed by atoms with Crippen molar-refractivity contribution in [3.8, 4) is 0 Å². The standard InChI is InChI=1S/C17H25N3O3/c1-22-13-14-3-2-6-20(12-14)17(21)15-4-5-16(18-11-15)19-7-9-23-10-8-19/h4-5,11,14H,2-3,6-10,12-13H2,1H3/t14-/m0/s1. The van der Waals surface area contributed by atoms with Gasteiger partial charge in [-0.1, -0.05) is 0 Å². The fraction of sp³-hybridized carbons (Fsp3) is 0.647. The lowest BCUT2D eigenvalue weighted by molar-refractivity contribution is 0.0570. The van der Waals surface area contributed by atoms with Crippen molar-refractivity contribution in [3.05, 3.63) is 23.9 Å². The van der Waals surface area contributed by atoms with Gasteiger partial charge in [0.1, 0.15) is 5.82 Å². The molecule has 1 atom stereocenters. The lowest BCUT2D eigenvalue weighted by atomic mass is 9.98. The molecular formula is C17H25N3O3. The van der Waals surface area contributed by atoms with E-state index < -0.39 is 0 Å². The van der Waals surface area contributed by atoms with E-state index in [0.717, 1.165) is 64.7 Å². The Morgan fingerprint density at radius 3 is 2.87 bits per heavy atom. The minimum Gasteiger partial charge on any atom is -0.384 e. The zero-order valence-electron chi connectivity index (χ0n) is 13.7. The van der Waals surface area contributed by atoms with Crippen LogP contribution in [0.15, 0.2) is 18.3 Å². The summed E-state index contributed by atoms with van der Waals surface area (Å²) in [5.41, 5.74) is 0.667. The van der Waals surface area contributed by atoms with Crippen LogP contribution in [-0.4, -0.2) is 68.9 Å². The summed E-state index contributed by atoms with van der Waals surface area (Å²) < 4.78 is 10.6. The summed E-state index contributed by atoms with van der Waals surface area (Å²) in [6.07, 6.45) is 3.87. The number of carbonyl (C=O) groups is 1. The first kappa shape index (κ1) is 16.2. The van der Waals surface area contributed by atoms with Crippen LogP contribution in [0, 0.1) is 5.92 Å².